The fourth-order valence-electron chi connectivity index (χ4n) is 3.09. The number of hydrogen-bond donors (Lipinski definition) is 3. The molecule has 0 bridgehead atoms. The Morgan fingerprint density at radius 3 is 2.38 bits per heavy atom. The van der Waals surface area contributed by atoms with Crippen molar-refractivity contribution < 1.29 is 17.6 Å². The number of sulfonamides is 1. The molecule has 0 fully saturated rings. The molecule has 148 valence electrons. The van der Waals surface area contributed by atoms with Crippen LogP contribution in [0.2, 0.25) is 0 Å². The first-order valence-electron chi connectivity index (χ1n) is 8.93. The summed E-state index contributed by atoms with van der Waals surface area (Å²) < 4.78 is 40.4. The number of anilines is 1. The van der Waals surface area contributed by atoms with Crippen molar-refractivity contribution in [2.75, 3.05) is 5.32 Å². The van der Waals surface area contributed by atoms with E-state index in [4.69, 9.17) is 0 Å². The third-order valence-electron chi connectivity index (χ3n) is 4.62. The molecule has 1 aliphatic rings. The molecule has 4 rings (SSSR count). The fraction of sp³-hybridized carbons (Fsp3) is 0.0952. The molecule has 3 N–H and O–H groups in total. The lowest BCUT2D eigenvalue weighted by molar-refractivity contribution is 0.0951. The molecule has 0 spiro atoms. The predicted molar refractivity (Wildman–Crippen MR) is 107 cm³/mol. The maximum Gasteiger partial charge on any atom is 0.251 e. The van der Waals surface area contributed by atoms with Gasteiger partial charge in [0.05, 0.1) is 5.69 Å². The van der Waals surface area contributed by atoms with Crippen LogP contribution in [0, 0.1) is 5.82 Å². The Bertz CT molecular complexity index is 1150. The minimum absolute atomic E-state index is 0.202. The largest absolute Gasteiger partial charge is 0.364 e. The monoisotopic (exact) mass is 411 g/mol. The lowest BCUT2D eigenvalue weighted by atomic mass is 10.1. The first-order valence-corrected chi connectivity index (χ1v) is 10.4. The maximum absolute atomic E-state index is 12.9. The number of carbonyl (C=O) groups is 1. The van der Waals surface area contributed by atoms with Gasteiger partial charge in [0, 0.05) is 12.1 Å². The normalized spacial score (nSPS) is 17.1. The molecule has 1 amide bonds. The smallest absolute Gasteiger partial charge is 0.251 e. The van der Waals surface area contributed by atoms with E-state index < -0.39 is 16.2 Å². The van der Waals surface area contributed by atoms with Gasteiger partial charge < -0.3 is 10.6 Å². The van der Waals surface area contributed by atoms with Crippen LogP contribution in [-0.4, -0.2) is 14.3 Å². The Balaban J connectivity index is 1.45. The van der Waals surface area contributed by atoms with Gasteiger partial charge in [0.1, 0.15) is 16.9 Å². The second kappa shape index (κ2) is 7.65. The van der Waals surface area contributed by atoms with E-state index >= 15 is 0 Å². The van der Waals surface area contributed by atoms with Crippen molar-refractivity contribution >= 4 is 21.6 Å². The average molecular weight is 411 g/mol. The number of carbonyl (C=O) groups excluding carboxylic acids is 1. The summed E-state index contributed by atoms with van der Waals surface area (Å²) in [5.41, 5.74) is 2.43. The van der Waals surface area contributed by atoms with Crippen molar-refractivity contribution in [3.8, 4) is 0 Å². The molecule has 1 atom stereocenters. The topological polar surface area (TPSA) is 87.3 Å². The van der Waals surface area contributed by atoms with Gasteiger partial charge in [-0.1, -0.05) is 36.4 Å². The SMILES string of the molecule is O=C(NCc1ccc(F)cc1)c1ccc([C@@H]2Nc3ccccc3S(=O)(=O)N2)cc1. The fourth-order valence-corrected chi connectivity index (χ4v) is 4.40. The molecule has 0 aromatic heterocycles. The minimum atomic E-state index is -3.63. The molecular weight excluding hydrogens is 393 g/mol. The number of halogens is 1. The van der Waals surface area contributed by atoms with E-state index in [2.05, 4.69) is 15.4 Å². The summed E-state index contributed by atoms with van der Waals surface area (Å²) in [6, 6.07) is 19.2. The second-order valence-corrected chi connectivity index (χ2v) is 8.31. The summed E-state index contributed by atoms with van der Waals surface area (Å²) in [4.78, 5) is 12.5. The van der Waals surface area contributed by atoms with Gasteiger partial charge in [-0.3, -0.25) is 4.79 Å². The van der Waals surface area contributed by atoms with Crippen molar-refractivity contribution in [1.29, 1.82) is 0 Å². The first-order chi connectivity index (χ1) is 13.9. The van der Waals surface area contributed by atoms with Crippen LogP contribution in [0.15, 0.2) is 77.7 Å². The van der Waals surface area contributed by atoms with Crippen molar-refractivity contribution in [2.45, 2.75) is 17.6 Å². The van der Waals surface area contributed by atoms with Gasteiger partial charge in [0.25, 0.3) is 5.91 Å². The van der Waals surface area contributed by atoms with E-state index in [0.717, 1.165) is 5.56 Å². The van der Waals surface area contributed by atoms with Crippen LogP contribution in [0.25, 0.3) is 0 Å². The highest BCUT2D eigenvalue weighted by atomic mass is 32.2. The molecule has 6 nitrogen and oxygen atoms in total. The van der Waals surface area contributed by atoms with E-state index in [1.54, 1.807) is 54.6 Å². The number of rotatable bonds is 4. The third-order valence-corrected chi connectivity index (χ3v) is 6.10. The zero-order chi connectivity index (χ0) is 20.4. The molecule has 1 aliphatic heterocycles. The Morgan fingerprint density at radius 1 is 0.966 bits per heavy atom. The summed E-state index contributed by atoms with van der Waals surface area (Å²) in [6.45, 7) is 0.279. The Labute approximate surface area is 167 Å². The highest BCUT2D eigenvalue weighted by Gasteiger charge is 2.29. The number of fused-ring (bicyclic) bond motifs is 1. The van der Waals surface area contributed by atoms with Crippen LogP contribution in [0.1, 0.15) is 27.7 Å². The van der Waals surface area contributed by atoms with Crippen LogP contribution in [0.4, 0.5) is 10.1 Å². The molecule has 0 saturated carbocycles. The van der Waals surface area contributed by atoms with E-state index in [1.807, 2.05) is 0 Å². The number of para-hydroxylation sites is 1. The highest BCUT2D eigenvalue weighted by molar-refractivity contribution is 7.89. The molecular formula is C21H18FN3O3S. The lowest BCUT2D eigenvalue weighted by Gasteiger charge is -2.28. The number of benzene rings is 3. The van der Waals surface area contributed by atoms with Gasteiger partial charge in [-0.05, 0) is 47.5 Å². The standard InChI is InChI=1S/C21H18FN3O3S/c22-17-11-5-14(6-12-17)13-23-21(26)16-9-7-15(8-10-16)20-24-18-3-1-2-4-19(18)29(27,28)25-20/h1-12,20,24-25H,13H2,(H,23,26)/t20-/m1/s1. The minimum Gasteiger partial charge on any atom is -0.364 e. The molecule has 0 unspecified atom stereocenters. The van der Waals surface area contributed by atoms with Gasteiger partial charge in [0.15, 0.2) is 0 Å². The quantitative estimate of drug-likeness (QED) is 0.616. The van der Waals surface area contributed by atoms with E-state index in [-0.39, 0.29) is 23.2 Å². The number of hydrogen-bond acceptors (Lipinski definition) is 4. The predicted octanol–water partition coefficient (Wildman–Crippen LogP) is 3.16. The van der Waals surface area contributed by atoms with Gasteiger partial charge in [-0.2, -0.15) is 4.72 Å². The van der Waals surface area contributed by atoms with Gasteiger partial charge in [-0.25, -0.2) is 12.8 Å². The molecule has 3 aromatic rings. The summed E-state index contributed by atoms with van der Waals surface area (Å²) in [6.07, 6.45) is -0.633. The summed E-state index contributed by atoms with van der Waals surface area (Å²) in [5.74, 6) is -0.603. The number of nitrogens with one attached hydrogen (secondary N) is 3. The summed E-state index contributed by atoms with van der Waals surface area (Å²) in [5, 5.41) is 5.92. The van der Waals surface area contributed by atoms with Crippen LogP contribution in [0.5, 0.6) is 0 Å². The Kier molecular flexibility index (Phi) is 5.04. The van der Waals surface area contributed by atoms with Crippen LogP contribution in [0.3, 0.4) is 0 Å². The average Bonchev–Trinajstić information content (AvgIpc) is 2.73. The highest BCUT2D eigenvalue weighted by Crippen LogP contribution is 2.30. The maximum atomic E-state index is 12.9. The Morgan fingerprint density at radius 2 is 1.66 bits per heavy atom. The number of amides is 1. The molecule has 0 aliphatic carbocycles. The van der Waals surface area contributed by atoms with Gasteiger partial charge >= 0.3 is 0 Å². The second-order valence-electron chi connectivity index (χ2n) is 6.63. The molecule has 1 heterocycles. The lowest BCUT2D eigenvalue weighted by Crippen LogP contribution is -2.38. The first kappa shape index (κ1) is 19.1. The van der Waals surface area contributed by atoms with Crippen LogP contribution in [-0.2, 0) is 16.6 Å². The molecule has 8 heteroatoms. The van der Waals surface area contributed by atoms with Crippen LogP contribution >= 0.6 is 0 Å². The van der Waals surface area contributed by atoms with Crippen LogP contribution < -0.4 is 15.4 Å². The van der Waals surface area contributed by atoms with Crippen molar-refractivity contribution in [3.05, 3.63) is 95.3 Å². The van der Waals surface area contributed by atoms with Crippen molar-refractivity contribution in [1.82, 2.24) is 10.0 Å². The zero-order valence-electron chi connectivity index (χ0n) is 15.2. The third kappa shape index (κ3) is 4.13. The summed E-state index contributed by atoms with van der Waals surface area (Å²) >= 11 is 0. The van der Waals surface area contributed by atoms with E-state index in [9.17, 15) is 17.6 Å². The Hall–Kier alpha value is -3.23. The van der Waals surface area contributed by atoms with Crippen molar-refractivity contribution in [2.24, 2.45) is 0 Å². The molecule has 0 radical (unpaired) electrons. The summed E-state index contributed by atoms with van der Waals surface area (Å²) in [7, 11) is -3.63. The van der Waals surface area contributed by atoms with Crippen molar-refractivity contribution in [3.63, 3.8) is 0 Å². The van der Waals surface area contributed by atoms with E-state index in [0.29, 0.717) is 16.8 Å². The zero-order valence-corrected chi connectivity index (χ0v) is 16.0. The molecule has 3 aromatic carbocycles. The molecule has 0 saturated heterocycles. The van der Waals surface area contributed by atoms with E-state index in [1.165, 1.54) is 18.2 Å². The van der Waals surface area contributed by atoms with Gasteiger partial charge in [-0.15, -0.1) is 0 Å². The molecule has 29 heavy (non-hydrogen) atoms. The van der Waals surface area contributed by atoms with Gasteiger partial charge in [0.2, 0.25) is 10.0 Å².